The summed E-state index contributed by atoms with van der Waals surface area (Å²) >= 11 is 15.7. The average Bonchev–Trinajstić information content (AvgIpc) is 2.40. The standard InChI is InChI=1S/C16H15BrCl2O/c1-10-3-4-11(2)13(5-10)9-20-16-12(8-17)6-14(18)7-15(16)19/h3-7H,8-9H2,1-2H3. The molecule has 4 heteroatoms. The van der Waals surface area contributed by atoms with Crippen LogP contribution < -0.4 is 4.74 Å². The second-order valence-electron chi connectivity index (χ2n) is 4.73. The lowest BCUT2D eigenvalue weighted by atomic mass is 10.1. The quantitative estimate of drug-likeness (QED) is 0.589. The van der Waals surface area contributed by atoms with Crippen molar-refractivity contribution >= 4 is 39.1 Å². The molecule has 0 bridgehead atoms. The zero-order valence-electron chi connectivity index (χ0n) is 11.3. The Balaban J connectivity index is 2.25. The second kappa shape index (κ2) is 6.84. The summed E-state index contributed by atoms with van der Waals surface area (Å²) in [6.45, 7) is 4.64. The van der Waals surface area contributed by atoms with Crippen LogP contribution in [0.1, 0.15) is 22.3 Å². The van der Waals surface area contributed by atoms with Gasteiger partial charge in [-0.25, -0.2) is 0 Å². The van der Waals surface area contributed by atoms with Crippen molar-refractivity contribution in [3.8, 4) is 5.75 Å². The van der Waals surface area contributed by atoms with E-state index in [-0.39, 0.29) is 0 Å². The van der Waals surface area contributed by atoms with Gasteiger partial charge in [-0.2, -0.15) is 0 Å². The molecule has 1 nitrogen and oxygen atoms in total. The Bertz CT molecular complexity index is 626. The maximum absolute atomic E-state index is 6.22. The van der Waals surface area contributed by atoms with E-state index in [2.05, 4.69) is 48.0 Å². The van der Waals surface area contributed by atoms with Crippen LogP contribution in [0.2, 0.25) is 10.0 Å². The Hall–Kier alpha value is -0.700. The molecule has 0 amide bonds. The van der Waals surface area contributed by atoms with Crippen LogP contribution in [0, 0.1) is 13.8 Å². The summed E-state index contributed by atoms with van der Waals surface area (Å²) < 4.78 is 5.92. The molecule has 0 aliphatic rings. The van der Waals surface area contributed by atoms with E-state index in [1.807, 2.05) is 6.07 Å². The number of hydrogen-bond donors (Lipinski definition) is 0. The predicted octanol–water partition coefficient (Wildman–Crippen LogP) is 6.08. The topological polar surface area (TPSA) is 9.23 Å². The highest BCUT2D eigenvalue weighted by molar-refractivity contribution is 9.08. The lowest BCUT2D eigenvalue weighted by Crippen LogP contribution is -2.01. The van der Waals surface area contributed by atoms with Crippen molar-refractivity contribution in [1.29, 1.82) is 0 Å². The zero-order chi connectivity index (χ0) is 14.7. The van der Waals surface area contributed by atoms with Gasteiger partial charge in [-0.15, -0.1) is 0 Å². The van der Waals surface area contributed by atoms with E-state index in [1.165, 1.54) is 11.1 Å². The van der Waals surface area contributed by atoms with E-state index in [1.54, 1.807) is 6.07 Å². The van der Waals surface area contributed by atoms with Crippen molar-refractivity contribution in [2.75, 3.05) is 0 Å². The van der Waals surface area contributed by atoms with Gasteiger partial charge in [0.15, 0.2) is 0 Å². The highest BCUT2D eigenvalue weighted by Crippen LogP contribution is 2.34. The van der Waals surface area contributed by atoms with Gasteiger partial charge < -0.3 is 4.74 Å². The molecule has 2 aromatic rings. The third kappa shape index (κ3) is 3.69. The summed E-state index contributed by atoms with van der Waals surface area (Å²) in [7, 11) is 0. The predicted molar refractivity (Wildman–Crippen MR) is 89.3 cm³/mol. The van der Waals surface area contributed by atoms with E-state index in [9.17, 15) is 0 Å². The molecule has 0 aliphatic heterocycles. The molecule has 0 unspecified atom stereocenters. The number of ether oxygens (including phenoxy) is 1. The van der Waals surface area contributed by atoms with Crippen LogP contribution >= 0.6 is 39.1 Å². The molecular weight excluding hydrogens is 359 g/mol. The summed E-state index contributed by atoms with van der Waals surface area (Å²) in [4.78, 5) is 0. The molecule has 2 rings (SSSR count). The molecule has 0 aliphatic carbocycles. The van der Waals surface area contributed by atoms with Crippen LogP contribution in [0.4, 0.5) is 0 Å². The third-order valence-electron chi connectivity index (χ3n) is 3.11. The number of halogens is 3. The molecule has 0 heterocycles. The molecule has 0 radical (unpaired) electrons. The Morgan fingerprint density at radius 2 is 1.80 bits per heavy atom. The van der Waals surface area contributed by atoms with Crippen molar-refractivity contribution < 1.29 is 4.74 Å². The molecule has 0 saturated carbocycles. The molecule has 0 atom stereocenters. The fourth-order valence-electron chi connectivity index (χ4n) is 1.98. The van der Waals surface area contributed by atoms with Gasteiger partial charge in [-0.3, -0.25) is 0 Å². The van der Waals surface area contributed by atoms with Gasteiger partial charge in [0.2, 0.25) is 0 Å². The average molecular weight is 374 g/mol. The van der Waals surface area contributed by atoms with Gasteiger partial charge in [-0.05, 0) is 37.1 Å². The lowest BCUT2D eigenvalue weighted by molar-refractivity contribution is 0.303. The van der Waals surface area contributed by atoms with Crippen LogP contribution in [-0.2, 0) is 11.9 Å². The smallest absolute Gasteiger partial charge is 0.142 e. The molecular formula is C16H15BrCl2O. The molecule has 0 aromatic heterocycles. The molecule has 0 N–H and O–H groups in total. The van der Waals surface area contributed by atoms with Crippen LogP contribution in [0.15, 0.2) is 30.3 Å². The van der Waals surface area contributed by atoms with E-state index in [4.69, 9.17) is 27.9 Å². The minimum Gasteiger partial charge on any atom is -0.487 e. The molecule has 0 fully saturated rings. The zero-order valence-corrected chi connectivity index (χ0v) is 14.4. The SMILES string of the molecule is Cc1ccc(C)c(COc2c(Cl)cc(Cl)cc2CBr)c1. The number of alkyl halides is 1. The van der Waals surface area contributed by atoms with E-state index in [0.717, 1.165) is 11.1 Å². The normalized spacial score (nSPS) is 10.7. The first-order valence-corrected chi connectivity index (χ1v) is 8.12. The first-order valence-electron chi connectivity index (χ1n) is 6.24. The van der Waals surface area contributed by atoms with Crippen molar-refractivity contribution in [1.82, 2.24) is 0 Å². The maximum atomic E-state index is 6.22. The first kappa shape index (κ1) is 15.7. The van der Waals surface area contributed by atoms with E-state index < -0.39 is 0 Å². The molecule has 0 spiro atoms. The van der Waals surface area contributed by atoms with Crippen LogP contribution in [-0.4, -0.2) is 0 Å². The Morgan fingerprint density at radius 1 is 1.05 bits per heavy atom. The minimum absolute atomic E-state index is 0.495. The van der Waals surface area contributed by atoms with Crippen molar-refractivity contribution in [2.45, 2.75) is 25.8 Å². The van der Waals surface area contributed by atoms with Crippen molar-refractivity contribution in [3.63, 3.8) is 0 Å². The number of hydrogen-bond acceptors (Lipinski definition) is 1. The second-order valence-corrected chi connectivity index (χ2v) is 6.13. The molecule has 2 aromatic carbocycles. The van der Waals surface area contributed by atoms with Gasteiger partial charge in [0.05, 0.1) is 5.02 Å². The van der Waals surface area contributed by atoms with Gasteiger partial charge in [0.25, 0.3) is 0 Å². The molecule has 0 saturated heterocycles. The van der Waals surface area contributed by atoms with Gasteiger partial charge >= 0.3 is 0 Å². The number of rotatable bonds is 4. The first-order chi connectivity index (χ1) is 9.51. The van der Waals surface area contributed by atoms with Gasteiger partial charge in [0.1, 0.15) is 12.4 Å². The van der Waals surface area contributed by atoms with Crippen LogP contribution in [0.5, 0.6) is 5.75 Å². The minimum atomic E-state index is 0.495. The fraction of sp³-hybridized carbons (Fsp3) is 0.250. The summed E-state index contributed by atoms with van der Waals surface area (Å²) in [5, 5.41) is 1.80. The lowest BCUT2D eigenvalue weighted by Gasteiger charge is -2.14. The van der Waals surface area contributed by atoms with Crippen LogP contribution in [0.25, 0.3) is 0 Å². The fourth-order valence-corrected chi connectivity index (χ4v) is 2.99. The summed E-state index contributed by atoms with van der Waals surface area (Å²) in [5.74, 6) is 0.689. The molecule has 20 heavy (non-hydrogen) atoms. The van der Waals surface area contributed by atoms with Crippen molar-refractivity contribution in [2.24, 2.45) is 0 Å². The van der Waals surface area contributed by atoms with Gasteiger partial charge in [-0.1, -0.05) is 62.9 Å². The highest BCUT2D eigenvalue weighted by Gasteiger charge is 2.11. The van der Waals surface area contributed by atoms with Gasteiger partial charge in [0, 0.05) is 15.9 Å². The van der Waals surface area contributed by atoms with E-state index in [0.29, 0.717) is 27.7 Å². The van der Waals surface area contributed by atoms with Crippen LogP contribution in [0.3, 0.4) is 0 Å². The summed E-state index contributed by atoms with van der Waals surface area (Å²) in [6.07, 6.45) is 0. The third-order valence-corrected chi connectivity index (χ3v) is 4.21. The van der Waals surface area contributed by atoms with Crippen molar-refractivity contribution in [3.05, 3.63) is 62.6 Å². The number of benzene rings is 2. The summed E-state index contributed by atoms with van der Waals surface area (Å²) in [5.41, 5.74) is 4.54. The maximum Gasteiger partial charge on any atom is 0.142 e. The Labute approximate surface area is 138 Å². The largest absolute Gasteiger partial charge is 0.487 e. The monoisotopic (exact) mass is 372 g/mol. The summed E-state index contributed by atoms with van der Waals surface area (Å²) in [6, 6.07) is 9.89. The highest BCUT2D eigenvalue weighted by atomic mass is 79.9. The number of aryl methyl sites for hydroxylation is 2. The Kier molecular flexibility index (Phi) is 5.36. The van der Waals surface area contributed by atoms with E-state index >= 15 is 0 Å². The Morgan fingerprint density at radius 3 is 2.50 bits per heavy atom. The molecule has 106 valence electrons.